The highest BCUT2D eigenvalue weighted by molar-refractivity contribution is 9.12. The van der Waals surface area contributed by atoms with Crippen LogP contribution in [0, 0.1) is 0 Å². The average Bonchev–Trinajstić information content (AvgIpc) is 2.53. The summed E-state index contributed by atoms with van der Waals surface area (Å²) in [5, 5.41) is 0. The molecule has 15 heavy (non-hydrogen) atoms. The molecule has 0 atom stereocenters. The third kappa shape index (κ3) is 3.84. The molecular formula is C8H11Br2N3OS. The molecular weight excluding hydrogens is 346 g/mol. The van der Waals surface area contributed by atoms with Crippen LogP contribution in [0.15, 0.2) is 18.6 Å². The van der Waals surface area contributed by atoms with E-state index in [1.165, 1.54) is 0 Å². The standard InChI is InChI=1S/C8H11Br2N3OS/c1-14-3-2-12-8(13-11)5-4-6(9)15-7(5)10/h4H,2-3,11H2,1H3,(H,12,13). The Bertz CT molecular complexity index is 354. The van der Waals surface area contributed by atoms with E-state index in [4.69, 9.17) is 10.6 Å². The molecule has 0 saturated carbocycles. The number of amidine groups is 1. The fourth-order valence-electron chi connectivity index (χ4n) is 0.959. The first-order chi connectivity index (χ1) is 7.19. The molecule has 1 aromatic heterocycles. The summed E-state index contributed by atoms with van der Waals surface area (Å²) in [4.78, 5) is 4.29. The number of nitrogens with zero attached hydrogens (tertiary/aromatic N) is 1. The molecule has 0 amide bonds. The SMILES string of the molecule is COCCN=C(NN)c1cc(Br)sc1Br. The van der Waals surface area contributed by atoms with Crippen LogP contribution in [0.5, 0.6) is 0 Å². The molecule has 1 rings (SSSR count). The zero-order valence-electron chi connectivity index (χ0n) is 8.09. The first-order valence-electron chi connectivity index (χ1n) is 4.14. The van der Waals surface area contributed by atoms with Crippen molar-refractivity contribution in [2.45, 2.75) is 0 Å². The van der Waals surface area contributed by atoms with E-state index in [1.54, 1.807) is 18.4 Å². The number of nitrogens with two attached hydrogens (primary N) is 1. The largest absolute Gasteiger partial charge is 0.383 e. The summed E-state index contributed by atoms with van der Waals surface area (Å²) in [6, 6.07) is 1.96. The van der Waals surface area contributed by atoms with Gasteiger partial charge in [-0.1, -0.05) is 0 Å². The summed E-state index contributed by atoms with van der Waals surface area (Å²) in [7, 11) is 1.64. The van der Waals surface area contributed by atoms with Crippen LogP contribution in [0.4, 0.5) is 0 Å². The average molecular weight is 357 g/mol. The second-order valence-electron chi connectivity index (χ2n) is 2.61. The van der Waals surface area contributed by atoms with Gasteiger partial charge < -0.3 is 10.2 Å². The Labute approximate surface area is 109 Å². The number of aliphatic imine (C=N–C) groups is 1. The van der Waals surface area contributed by atoms with Crippen molar-refractivity contribution in [3.05, 3.63) is 19.2 Å². The van der Waals surface area contributed by atoms with E-state index in [9.17, 15) is 0 Å². The van der Waals surface area contributed by atoms with Crippen molar-refractivity contribution in [2.75, 3.05) is 20.3 Å². The Balaban J connectivity index is 2.82. The van der Waals surface area contributed by atoms with E-state index in [-0.39, 0.29) is 0 Å². The van der Waals surface area contributed by atoms with Crippen LogP contribution in [0.2, 0.25) is 0 Å². The van der Waals surface area contributed by atoms with Gasteiger partial charge in [-0.3, -0.25) is 4.99 Å². The quantitative estimate of drug-likeness (QED) is 0.285. The van der Waals surface area contributed by atoms with Gasteiger partial charge in [0.2, 0.25) is 0 Å². The molecule has 0 unspecified atom stereocenters. The van der Waals surface area contributed by atoms with E-state index in [1.807, 2.05) is 6.07 Å². The summed E-state index contributed by atoms with van der Waals surface area (Å²) in [6.45, 7) is 1.16. The number of hydrogen-bond donors (Lipinski definition) is 2. The predicted molar refractivity (Wildman–Crippen MR) is 70.3 cm³/mol. The van der Waals surface area contributed by atoms with Crippen LogP contribution in [-0.4, -0.2) is 26.1 Å². The molecule has 0 aliphatic carbocycles. The summed E-state index contributed by atoms with van der Waals surface area (Å²) < 4.78 is 6.93. The van der Waals surface area contributed by atoms with Gasteiger partial charge in [0.1, 0.15) is 5.84 Å². The number of halogens is 2. The second kappa shape index (κ2) is 6.59. The topological polar surface area (TPSA) is 59.6 Å². The molecule has 3 N–H and O–H groups in total. The summed E-state index contributed by atoms with van der Waals surface area (Å²) in [5.74, 6) is 6.07. The molecule has 0 aliphatic heterocycles. The predicted octanol–water partition coefficient (Wildman–Crippen LogP) is 2.13. The Morgan fingerprint density at radius 2 is 2.40 bits per heavy atom. The van der Waals surface area contributed by atoms with Gasteiger partial charge in [-0.2, -0.15) is 0 Å². The summed E-state index contributed by atoms with van der Waals surface area (Å²) >= 11 is 8.43. The zero-order valence-corrected chi connectivity index (χ0v) is 12.1. The summed E-state index contributed by atoms with van der Waals surface area (Å²) in [6.07, 6.45) is 0. The normalized spacial score (nSPS) is 11.9. The molecule has 4 nitrogen and oxygen atoms in total. The number of thiophene rings is 1. The van der Waals surface area contributed by atoms with E-state index < -0.39 is 0 Å². The van der Waals surface area contributed by atoms with Gasteiger partial charge in [-0.15, -0.1) is 11.3 Å². The van der Waals surface area contributed by atoms with E-state index in [0.717, 1.165) is 13.1 Å². The lowest BCUT2D eigenvalue weighted by molar-refractivity contribution is 0.208. The highest BCUT2D eigenvalue weighted by Gasteiger charge is 2.10. The molecule has 7 heteroatoms. The monoisotopic (exact) mass is 355 g/mol. The van der Waals surface area contributed by atoms with Crippen LogP contribution in [0.25, 0.3) is 0 Å². The minimum atomic E-state index is 0.577. The first-order valence-corrected chi connectivity index (χ1v) is 6.54. The van der Waals surface area contributed by atoms with Crippen molar-refractivity contribution in [3.8, 4) is 0 Å². The van der Waals surface area contributed by atoms with Gasteiger partial charge in [-0.05, 0) is 37.9 Å². The van der Waals surface area contributed by atoms with Gasteiger partial charge in [0.05, 0.1) is 20.7 Å². The van der Waals surface area contributed by atoms with E-state index in [2.05, 4.69) is 42.3 Å². The van der Waals surface area contributed by atoms with Crippen LogP contribution in [0.3, 0.4) is 0 Å². The van der Waals surface area contributed by atoms with E-state index >= 15 is 0 Å². The smallest absolute Gasteiger partial charge is 0.144 e. The molecule has 0 radical (unpaired) electrons. The Morgan fingerprint density at radius 1 is 1.67 bits per heavy atom. The molecule has 84 valence electrons. The molecule has 1 heterocycles. The fourth-order valence-corrected chi connectivity index (χ4v) is 3.76. The first kappa shape index (κ1) is 13.1. The van der Waals surface area contributed by atoms with Crippen molar-refractivity contribution < 1.29 is 4.74 Å². The third-order valence-corrected chi connectivity index (χ3v) is 3.95. The third-order valence-electron chi connectivity index (χ3n) is 1.61. The van der Waals surface area contributed by atoms with Gasteiger partial charge in [0.15, 0.2) is 0 Å². The summed E-state index contributed by atoms with van der Waals surface area (Å²) in [5.41, 5.74) is 3.53. The Hall–Kier alpha value is 0.0500. The minimum absolute atomic E-state index is 0.577. The maximum absolute atomic E-state index is 5.41. The number of hydrogen-bond acceptors (Lipinski definition) is 4. The van der Waals surface area contributed by atoms with Crippen molar-refractivity contribution >= 4 is 49.0 Å². The molecule has 1 aromatic rings. The molecule has 0 fully saturated rings. The highest BCUT2D eigenvalue weighted by Crippen LogP contribution is 2.31. The molecule has 0 saturated heterocycles. The molecule has 0 aliphatic rings. The zero-order chi connectivity index (χ0) is 11.3. The number of ether oxygens (including phenoxy) is 1. The molecule has 0 spiro atoms. The second-order valence-corrected chi connectivity index (χ2v) is 6.35. The lowest BCUT2D eigenvalue weighted by atomic mass is 10.3. The van der Waals surface area contributed by atoms with Gasteiger partial charge in [0.25, 0.3) is 0 Å². The molecule has 0 bridgehead atoms. The van der Waals surface area contributed by atoms with Crippen LogP contribution >= 0.6 is 43.2 Å². The Morgan fingerprint density at radius 3 is 2.87 bits per heavy atom. The fraction of sp³-hybridized carbons (Fsp3) is 0.375. The number of rotatable bonds is 4. The Kier molecular flexibility index (Phi) is 5.77. The minimum Gasteiger partial charge on any atom is -0.383 e. The van der Waals surface area contributed by atoms with Crippen LogP contribution in [0.1, 0.15) is 5.56 Å². The maximum Gasteiger partial charge on any atom is 0.144 e. The van der Waals surface area contributed by atoms with Crippen molar-refractivity contribution in [2.24, 2.45) is 10.8 Å². The van der Waals surface area contributed by atoms with Crippen LogP contribution in [-0.2, 0) is 4.74 Å². The van der Waals surface area contributed by atoms with Crippen molar-refractivity contribution in [1.29, 1.82) is 0 Å². The number of hydrazine groups is 1. The van der Waals surface area contributed by atoms with Gasteiger partial charge in [0, 0.05) is 12.7 Å². The highest BCUT2D eigenvalue weighted by atomic mass is 79.9. The van der Waals surface area contributed by atoms with Crippen molar-refractivity contribution in [1.82, 2.24) is 5.43 Å². The van der Waals surface area contributed by atoms with Gasteiger partial charge in [-0.25, -0.2) is 5.84 Å². The van der Waals surface area contributed by atoms with Crippen LogP contribution < -0.4 is 11.3 Å². The van der Waals surface area contributed by atoms with Gasteiger partial charge >= 0.3 is 0 Å². The van der Waals surface area contributed by atoms with Crippen molar-refractivity contribution in [3.63, 3.8) is 0 Å². The molecule has 0 aromatic carbocycles. The number of methoxy groups -OCH3 is 1. The maximum atomic E-state index is 5.41. The number of nitrogens with one attached hydrogen (secondary N) is 1. The van der Waals surface area contributed by atoms with E-state index in [0.29, 0.717) is 19.0 Å². The lowest BCUT2D eigenvalue weighted by Crippen LogP contribution is -2.31. The lowest BCUT2D eigenvalue weighted by Gasteiger charge is -2.04.